The molecule has 1 aliphatic carbocycles. The Morgan fingerprint density at radius 3 is 2.19 bits per heavy atom. The molecule has 5 nitrogen and oxygen atoms in total. The van der Waals surface area contributed by atoms with Gasteiger partial charge in [-0.05, 0) is 60.5 Å². The lowest BCUT2D eigenvalue weighted by molar-refractivity contribution is -0.118. The summed E-state index contributed by atoms with van der Waals surface area (Å²) >= 11 is 1.40. The third-order valence-electron chi connectivity index (χ3n) is 5.05. The Balaban J connectivity index is 0.00000261. The predicted molar refractivity (Wildman–Crippen MR) is 114 cm³/mol. The molecule has 4 N–H and O–H groups in total. The van der Waals surface area contributed by atoms with E-state index in [1.165, 1.54) is 17.8 Å². The number of rotatable bonds is 6. The van der Waals surface area contributed by atoms with E-state index in [1.54, 1.807) is 30.3 Å². The van der Waals surface area contributed by atoms with Crippen LogP contribution in [0.1, 0.15) is 48.2 Å². The molecule has 0 aliphatic heterocycles. The van der Waals surface area contributed by atoms with Crippen LogP contribution >= 0.6 is 23.7 Å². The highest BCUT2D eigenvalue weighted by Crippen LogP contribution is 2.38. The Kier molecular flexibility index (Phi) is 7.83. The van der Waals surface area contributed by atoms with E-state index in [-0.39, 0.29) is 29.6 Å². The first-order valence-corrected chi connectivity index (χ1v) is 9.93. The van der Waals surface area contributed by atoms with Gasteiger partial charge in [-0.15, -0.1) is 23.7 Å². The van der Waals surface area contributed by atoms with Crippen molar-refractivity contribution in [2.75, 3.05) is 17.2 Å². The number of anilines is 2. The topological polar surface area (TPSA) is 84.2 Å². The molecule has 0 saturated heterocycles. The van der Waals surface area contributed by atoms with Crippen LogP contribution in [0.4, 0.5) is 11.4 Å². The first-order chi connectivity index (χ1) is 12.6. The molecule has 1 fully saturated rings. The first kappa shape index (κ1) is 21.4. The summed E-state index contributed by atoms with van der Waals surface area (Å²) in [6, 6.07) is 10.8. The quantitative estimate of drug-likeness (QED) is 0.651. The molecule has 3 rings (SSSR count). The van der Waals surface area contributed by atoms with Crippen molar-refractivity contribution in [1.82, 2.24) is 0 Å². The van der Waals surface area contributed by atoms with Crippen molar-refractivity contribution in [3.05, 3.63) is 46.7 Å². The maximum Gasteiger partial charge on any atom is 0.265 e. The molecular formula is C20H26ClN3O2S. The lowest BCUT2D eigenvalue weighted by Gasteiger charge is -2.35. The number of amides is 2. The van der Waals surface area contributed by atoms with Crippen LogP contribution in [0.15, 0.2) is 41.8 Å². The third kappa shape index (κ3) is 5.79. The normalized spacial score (nSPS) is 15.4. The van der Waals surface area contributed by atoms with Gasteiger partial charge in [0.25, 0.3) is 5.91 Å². The maximum atomic E-state index is 12.4. The summed E-state index contributed by atoms with van der Waals surface area (Å²) in [7, 11) is 0. The van der Waals surface area contributed by atoms with Crippen molar-refractivity contribution in [2.45, 2.75) is 38.5 Å². The number of benzene rings is 1. The molecule has 0 atom stereocenters. The SMILES string of the molecule is Cl.NCC1(CC(=O)Nc2ccc(NC(=O)c3cccs3)cc2)CCCCC1. The van der Waals surface area contributed by atoms with Gasteiger partial charge in [-0.3, -0.25) is 9.59 Å². The second-order valence-electron chi connectivity index (χ2n) is 7.00. The summed E-state index contributed by atoms with van der Waals surface area (Å²) in [6.07, 6.45) is 6.09. The molecule has 1 saturated carbocycles. The predicted octanol–water partition coefficient (Wildman–Crippen LogP) is 4.66. The third-order valence-corrected chi connectivity index (χ3v) is 5.92. The second kappa shape index (κ2) is 9.88. The number of hydrogen-bond donors (Lipinski definition) is 3. The van der Waals surface area contributed by atoms with Crippen LogP contribution < -0.4 is 16.4 Å². The van der Waals surface area contributed by atoms with E-state index in [4.69, 9.17) is 5.73 Å². The molecule has 1 heterocycles. The van der Waals surface area contributed by atoms with Gasteiger partial charge in [-0.1, -0.05) is 25.3 Å². The van der Waals surface area contributed by atoms with Gasteiger partial charge < -0.3 is 16.4 Å². The molecule has 146 valence electrons. The zero-order chi connectivity index (χ0) is 18.4. The molecular weight excluding hydrogens is 382 g/mol. The van der Waals surface area contributed by atoms with Crippen LogP contribution in [0.3, 0.4) is 0 Å². The fraction of sp³-hybridized carbons (Fsp3) is 0.400. The molecule has 2 aromatic rings. The van der Waals surface area contributed by atoms with Gasteiger partial charge in [0.1, 0.15) is 0 Å². The van der Waals surface area contributed by atoms with E-state index < -0.39 is 0 Å². The Morgan fingerprint density at radius 2 is 1.63 bits per heavy atom. The van der Waals surface area contributed by atoms with Gasteiger partial charge in [0, 0.05) is 17.8 Å². The lowest BCUT2D eigenvalue weighted by Crippen LogP contribution is -2.36. The average molecular weight is 408 g/mol. The second-order valence-corrected chi connectivity index (χ2v) is 7.95. The summed E-state index contributed by atoms with van der Waals surface area (Å²) in [5, 5.41) is 7.67. The van der Waals surface area contributed by atoms with E-state index in [0.29, 0.717) is 23.5 Å². The molecule has 1 aliphatic rings. The number of hydrogen-bond acceptors (Lipinski definition) is 4. The van der Waals surface area contributed by atoms with Crippen molar-refractivity contribution in [3.63, 3.8) is 0 Å². The van der Waals surface area contributed by atoms with Crippen LogP contribution in [0.25, 0.3) is 0 Å². The van der Waals surface area contributed by atoms with Gasteiger partial charge in [0.15, 0.2) is 0 Å². The first-order valence-electron chi connectivity index (χ1n) is 9.05. The lowest BCUT2D eigenvalue weighted by atomic mass is 9.71. The van der Waals surface area contributed by atoms with Crippen LogP contribution in [-0.4, -0.2) is 18.4 Å². The van der Waals surface area contributed by atoms with Crippen LogP contribution in [0, 0.1) is 5.41 Å². The van der Waals surface area contributed by atoms with Crippen molar-refractivity contribution >= 4 is 46.9 Å². The fourth-order valence-electron chi connectivity index (χ4n) is 3.54. The summed E-state index contributed by atoms with van der Waals surface area (Å²) < 4.78 is 0. The Hall–Kier alpha value is -1.89. The Bertz CT molecular complexity index is 741. The van der Waals surface area contributed by atoms with Crippen LogP contribution in [0.5, 0.6) is 0 Å². The Labute approximate surface area is 170 Å². The average Bonchev–Trinajstić information content (AvgIpc) is 3.19. The molecule has 27 heavy (non-hydrogen) atoms. The van der Waals surface area contributed by atoms with E-state index in [1.807, 2.05) is 11.4 Å². The van der Waals surface area contributed by atoms with Crippen molar-refractivity contribution in [3.8, 4) is 0 Å². The highest BCUT2D eigenvalue weighted by atomic mass is 35.5. The largest absolute Gasteiger partial charge is 0.330 e. The number of carbonyl (C=O) groups excluding carboxylic acids is 2. The van der Waals surface area contributed by atoms with Gasteiger partial charge in [-0.2, -0.15) is 0 Å². The van der Waals surface area contributed by atoms with Gasteiger partial charge in [0.2, 0.25) is 5.91 Å². The number of nitrogens with one attached hydrogen (secondary N) is 2. The number of carbonyl (C=O) groups is 2. The van der Waals surface area contributed by atoms with Gasteiger partial charge in [0.05, 0.1) is 4.88 Å². The molecule has 1 aromatic heterocycles. The van der Waals surface area contributed by atoms with Gasteiger partial charge >= 0.3 is 0 Å². The highest BCUT2D eigenvalue weighted by Gasteiger charge is 2.32. The van der Waals surface area contributed by atoms with Crippen molar-refractivity contribution < 1.29 is 9.59 Å². The van der Waals surface area contributed by atoms with E-state index >= 15 is 0 Å². The molecule has 0 spiro atoms. The summed E-state index contributed by atoms with van der Waals surface area (Å²) in [4.78, 5) is 25.1. The smallest absolute Gasteiger partial charge is 0.265 e. The molecule has 0 radical (unpaired) electrons. The molecule has 1 aromatic carbocycles. The number of halogens is 1. The molecule has 2 amide bonds. The van der Waals surface area contributed by atoms with Crippen LogP contribution in [0.2, 0.25) is 0 Å². The molecule has 0 bridgehead atoms. The van der Waals surface area contributed by atoms with Crippen LogP contribution in [-0.2, 0) is 4.79 Å². The maximum absolute atomic E-state index is 12.4. The zero-order valence-electron chi connectivity index (χ0n) is 15.2. The standard InChI is InChI=1S/C20H25N3O2S.ClH/c21-14-20(10-2-1-3-11-20)13-18(24)22-15-6-8-16(9-7-15)23-19(25)17-5-4-12-26-17;/h4-9,12H,1-3,10-11,13-14,21H2,(H,22,24)(H,23,25);1H. The molecule has 0 unspecified atom stereocenters. The monoisotopic (exact) mass is 407 g/mol. The van der Waals surface area contributed by atoms with E-state index in [9.17, 15) is 9.59 Å². The minimum Gasteiger partial charge on any atom is -0.330 e. The van der Waals surface area contributed by atoms with Crippen molar-refractivity contribution in [1.29, 1.82) is 0 Å². The summed E-state index contributed by atoms with van der Waals surface area (Å²) in [5.74, 6) is -0.119. The van der Waals surface area contributed by atoms with Gasteiger partial charge in [-0.25, -0.2) is 0 Å². The number of nitrogens with two attached hydrogens (primary N) is 1. The molecule has 7 heteroatoms. The van der Waals surface area contributed by atoms with Crippen molar-refractivity contribution in [2.24, 2.45) is 11.1 Å². The van der Waals surface area contributed by atoms with E-state index in [2.05, 4.69) is 10.6 Å². The summed E-state index contributed by atoms with van der Waals surface area (Å²) in [5.41, 5.74) is 7.35. The fourth-order valence-corrected chi connectivity index (χ4v) is 4.16. The Morgan fingerprint density at radius 1 is 1.00 bits per heavy atom. The van der Waals surface area contributed by atoms with E-state index in [0.717, 1.165) is 31.4 Å². The minimum atomic E-state index is -0.126. The highest BCUT2D eigenvalue weighted by molar-refractivity contribution is 7.12. The minimum absolute atomic E-state index is 0. The number of thiophene rings is 1. The summed E-state index contributed by atoms with van der Waals surface area (Å²) in [6.45, 7) is 0.564. The zero-order valence-corrected chi connectivity index (χ0v) is 16.8.